The van der Waals surface area contributed by atoms with Gasteiger partial charge in [0.25, 0.3) is 5.91 Å². The van der Waals surface area contributed by atoms with Crippen LogP contribution in [0.15, 0.2) is 12.1 Å². The molecule has 0 spiro atoms. The van der Waals surface area contributed by atoms with E-state index in [1.807, 2.05) is 0 Å². The van der Waals surface area contributed by atoms with Gasteiger partial charge in [-0.25, -0.2) is 0 Å². The number of carbonyl (C=O) groups excluding carboxylic acids is 1. The molecule has 0 aromatic heterocycles. The minimum absolute atomic E-state index is 0.0839. The van der Waals surface area contributed by atoms with E-state index in [-0.39, 0.29) is 12.0 Å². The lowest BCUT2D eigenvalue weighted by Crippen LogP contribution is -2.30. The number of nitrogens with two attached hydrogens (primary N) is 1. The van der Waals surface area contributed by atoms with Gasteiger partial charge < -0.3 is 20.5 Å². The van der Waals surface area contributed by atoms with Gasteiger partial charge in [0.1, 0.15) is 6.10 Å². The minimum Gasteiger partial charge on any atom is -0.396 e. The summed E-state index contributed by atoms with van der Waals surface area (Å²) in [7, 11) is 0. The van der Waals surface area contributed by atoms with Gasteiger partial charge in [-0.3, -0.25) is 4.79 Å². The number of hydrogen-bond acceptors (Lipinski definition) is 4. The van der Waals surface area contributed by atoms with E-state index in [0.29, 0.717) is 28.0 Å². The molecule has 0 aliphatic carbocycles. The van der Waals surface area contributed by atoms with E-state index in [4.69, 9.17) is 38.4 Å². The lowest BCUT2D eigenvalue weighted by Gasteiger charge is -2.16. The Morgan fingerprint density at radius 1 is 1.52 bits per heavy atom. The SMILES string of the molecule is C[C@H](OC[C@H]1CCCO1)C(=O)Nc1cc(Cl)c(N)c(Cl)c1. The van der Waals surface area contributed by atoms with Crippen molar-refractivity contribution in [2.24, 2.45) is 0 Å². The molecule has 0 saturated carbocycles. The Bertz CT molecular complexity index is 496. The van der Waals surface area contributed by atoms with Gasteiger partial charge in [0, 0.05) is 12.3 Å². The number of benzene rings is 1. The molecule has 2 atom stereocenters. The predicted octanol–water partition coefficient (Wildman–Crippen LogP) is 3.10. The van der Waals surface area contributed by atoms with Crippen LogP contribution in [0.5, 0.6) is 0 Å². The Morgan fingerprint density at radius 2 is 2.19 bits per heavy atom. The number of anilines is 2. The fourth-order valence-corrected chi connectivity index (χ4v) is 2.49. The van der Waals surface area contributed by atoms with Crippen LogP contribution in [0.3, 0.4) is 0 Å². The van der Waals surface area contributed by atoms with Crippen LogP contribution in [-0.2, 0) is 14.3 Å². The number of nitrogens with one attached hydrogen (secondary N) is 1. The highest BCUT2D eigenvalue weighted by atomic mass is 35.5. The summed E-state index contributed by atoms with van der Waals surface area (Å²) in [5.41, 5.74) is 6.42. The van der Waals surface area contributed by atoms with E-state index in [1.165, 1.54) is 0 Å². The van der Waals surface area contributed by atoms with Crippen LogP contribution in [0.1, 0.15) is 19.8 Å². The van der Waals surface area contributed by atoms with E-state index < -0.39 is 6.10 Å². The summed E-state index contributed by atoms with van der Waals surface area (Å²) in [5.74, 6) is -0.273. The third-order valence-corrected chi connectivity index (χ3v) is 3.90. The molecular formula is C14H18Cl2N2O3. The maximum Gasteiger partial charge on any atom is 0.253 e. The summed E-state index contributed by atoms with van der Waals surface area (Å²) in [6, 6.07) is 3.10. The zero-order valence-electron chi connectivity index (χ0n) is 11.7. The Balaban J connectivity index is 1.88. The van der Waals surface area contributed by atoms with Gasteiger partial charge in [-0.15, -0.1) is 0 Å². The summed E-state index contributed by atoms with van der Waals surface area (Å²) in [6.45, 7) is 2.86. The van der Waals surface area contributed by atoms with Gasteiger partial charge in [-0.05, 0) is 31.9 Å². The molecule has 3 N–H and O–H groups in total. The maximum atomic E-state index is 12.0. The highest BCUT2D eigenvalue weighted by molar-refractivity contribution is 6.39. The van der Waals surface area contributed by atoms with Crippen molar-refractivity contribution in [3.05, 3.63) is 22.2 Å². The second-order valence-corrected chi connectivity index (χ2v) is 5.77. The van der Waals surface area contributed by atoms with E-state index in [2.05, 4.69) is 5.32 Å². The van der Waals surface area contributed by atoms with Crippen molar-refractivity contribution in [1.82, 2.24) is 0 Å². The third-order valence-electron chi connectivity index (χ3n) is 3.27. The molecule has 21 heavy (non-hydrogen) atoms. The van der Waals surface area contributed by atoms with Crippen molar-refractivity contribution in [2.75, 3.05) is 24.3 Å². The minimum atomic E-state index is -0.593. The quantitative estimate of drug-likeness (QED) is 0.812. The first-order valence-corrected chi connectivity index (χ1v) is 7.51. The zero-order valence-corrected chi connectivity index (χ0v) is 13.2. The molecule has 1 aliphatic rings. The molecule has 0 radical (unpaired) electrons. The van der Waals surface area contributed by atoms with E-state index in [9.17, 15) is 4.79 Å². The van der Waals surface area contributed by atoms with Crippen LogP contribution < -0.4 is 11.1 Å². The van der Waals surface area contributed by atoms with Gasteiger partial charge in [0.15, 0.2) is 0 Å². The summed E-state index contributed by atoms with van der Waals surface area (Å²) in [6.07, 6.45) is 1.50. The molecule has 1 aliphatic heterocycles. The Labute approximate surface area is 133 Å². The van der Waals surface area contributed by atoms with Crippen molar-refractivity contribution >= 4 is 40.5 Å². The van der Waals surface area contributed by atoms with Crippen LogP contribution in [0, 0.1) is 0 Å². The van der Waals surface area contributed by atoms with Crippen molar-refractivity contribution in [2.45, 2.75) is 32.0 Å². The van der Waals surface area contributed by atoms with Gasteiger partial charge in [-0.1, -0.05) is 23.2 Å². The van der Waals surface area contributed by atoms with Crippen LogP contribution in [0.2, 0.25) is 10.0 Å². The van der Waals surface area contributed by atoms with Crippen molar-refractivity contribution < 1.29 is 14.3 Å². The molecule has 1 heterocycles. The third kappa shape index (κ3) is 4.48. The molecule has 1 saturated heterocycles. The smallest absolute Gasteiger partial charge is 0.253 e. The fourth-order valence-electron chi connectivity index (χ4n) is 2.00. The predicted molar refractivity (Wildman–Crippen MR) is 83.9 cm³/mol. The van der Waals surface area contributed by atoms with Crippen LogP contribution in [-0.4, -0.2) is 31.3 Å². The molecule has 5 nitrogen and oxygen atoms in total. The monoisotopic (exact) mass is 332 g/mol. The summed E-state index contributed by atoms with van der Waals surface area (Å²) < 4.78 is 11.0. The van der Waals surface area contributed by atoms with Crippen molar-refractivity contribution in [3.8, 4) is 0 Å². The normalized spacial score (nSPS) is 19.5. The first-order valence-electron chi connectivity index (χ1n) is 6.76. The molecule has 0 unspecified atom stereocenters. The maximum absolute atomic E-state index is 12.0. The zero-order chi connectivity index (χ0) is 15.4. The van der Waals surface area contributed by atoms with Crippen molar-refractivity contribution in [1.29, 1.82) is 0 Å². The van der Waals surface area contributed by atoms with Gasteiger partial charge >= 0.3 is 0 Å². The number of amides is 1. The van der Waals surface area contributed by atoms with Gasteiger partial charge in [0.2, 0.25) is 0 Å². The number of nitrogen functional groups attached to an aromatic ring is 1. The molecule has 1 aromatic carbocycles. The highest BCUT2D eigenvalue weighted by Gasteiger charge is 2.20. The number of carbonyl (C=O) groups is 1. The number of ether oxygens (including phenoxy) is 2. The summed E-state index contributed by atoms with van der Waals surface area (Å²) in [5, 5.41) is 3.29. The first-order chi connectivity index (χ1) is 9.97. The van der Waals surface area contributed by atoms with Crippen molar-refractivity contribution in [3.63, 3.8) is 0 Å². The van der Waals surface area contributed by atoms with E-state index in [0.717, 1.165) is 19.4 Å². The largest absolute Gasteiger partial charge is 0.396 e. The molecular weight excluding hydrogens is 315 g/mol. The van der Waals surface area contributed by atoms with Crippen LogP contribution in [0.4, 0.5) is 11.4 Å². The van der Waals surface area contributed by atoms with Gasteiger partial charge in [0.05, 0.1) is 28.4 Å². The standard InChI is InChI=1S/C14H18Cl2N2O3/c1-8(21-7-10-3-2-4-20-10)14(19)18-9-5-11(15)13(17)12(16)6-9/h5-6,8,10H,2-4,7,17H2,1H3,(H,18,19)/t8-,10+/m0/s1. The van der Waals surface area contributed by atoms with Gasteiger partial charge in [-0.2, -0.15) is 0 Å². The van der Waals surface area contributed by atoms with E-state index >= 15 is 0 Å². The second-order valence-electron chi connectivity index (χ2n) is 4.95. The average molecular weight is 333 g/mol. The van der Waals surface area contributed by atoms with E-state index in [1.54, 1.807) is 19.1 Å². The Hall–Kier alpha value is -1.01. The lowest BCUT2D eigenvalue weighted by atomic mass is 10.2. The Morgan fingerprint density at radius 3 is 2.76 bits per heavy atom. The summed E-state index contributed by atoms with van der Waals surface area (Å²) >= 11 is 11.8. The highest BCUT2D eigenvalue weighted by Crippen LogP contribution is 2.31. The van der Waals surface area contributed by atoms with Crippen LogP contribution in [0.25, 0.3) is 0 Å². The topological polar surface area (TPSA) is 73.6 Å². The molecule has 7 heteroatoms. The average Bonchev–Trinajstić information content (AvgIpc) is 2.95. The lowest BCUT2D eigenvalue weighted by molar-refractivity contribution is -0.128. The molecule has 1 amide bonds. The summed E-state index contributed by atoms with van der Waals surface area (Å²) in [4.78, 5) is 12.0. The second kappa shape index (κ2) is 7.31. The molecule has 0 bridgehead atoms. The molecule has 1 aromatic rings. The number of halogens is 2. The Kier molecular flexibility index (Phi) is 5.70. The number of rotatable bonds is 5. The molecule has 1 fully saturated rings. The van der Waals surface area contributed by atoms with Crippen LogP contribution >= 0.6 is 23.2 Å². The molecule has 2 rings (SSSR count). The fraction of sp³-hybridized carbons (Fsp3) is 0.500. The first kappa shape index (κ1) is 16.4. The number of hydrogen-bond donors (Lipinski definition) is 2. The molecule has 116 valence electrons.